The van der Waals surface area contributed by atoms with Gasteiger partial charge in [0.2, 0.25) is 5.91 Å². The molecule has 1 saturated heterocycles. The first kappa shape index (κ1) is 31.4. The van der Waals surface area contributed by atoms with Crippen LogP contribution in [0.15, 0.2) is 25.3 Å². The van der Waals surface area contributed by atoms with E-state index in [0.29, 0.717) is 6.54 Å². The summed E-state index contributed by atoms with van der Waals surface area (Å²) < 4.78 is 16.2. The van der Waals surface area contributed by atoms with Gasteiger partial charge in [0.15, 0.2) is 14.1 Å². The van der Waals surface area contributed by atoms with Crippen molar-refractivity contribution in [1.82, 2.24) is 15.1 Å². The number of ketones is 1. The number of hydrogen-bond acceptors (Lipinski definition) is 7. The summed E-state index contributed by atoms with van der Waals surface area (Å²) in [6.07, 6.45) is 1.47. The Morgan fingerprint density at radius 3 is 2.33 bits per heavy atom. The number of likely N-dealkylation sites (tertiary alicyclic amines) is 1. The van der Waals surface area contributed by atoms with Crippen LogP contribution in [0.25, 0.3) is 0 Å². The third-order valence-corrected chi connectivity index (χ3v) is 11.1. The lowest BCUT2D eigenvalue weighted by Crippen LogP contribution is -2.60. The molecular weight excluding hydrogens is 482 g/mol. The Balaban J connectivity index is 2.54. The number of carbonyl (C=O) groups excluding carboxylic acids is 4. The lowest BCUT2D eigenvalue weighted by molar-refractivity contribution is -0.155. The van der Waals surface area contributed by atoms with Crippen LogP contribution < -0.4 is 5.32 Å². The second-order valence-electron chi connectivity index (χ2n) is 10.4. The standard InChI is InChI=1S/C25H43N3O7Si/c1-9-15-33-23(31)26-12-14-27(24(32)34-16-10-2)13-11-20(29)17-28-18-21(22(28)30)19(3)35-36(7,8)25(4,5)6/h9-10,19,21H,1-2,11-18H2,3-8H3,(H,26,31)/t19-,21+/m1/s1. The molecule has 1 heterocycles. The molecule has 1 N–H and O–H groups in total. The van der Waals surface area contributed by atoms with E-state index in [1.807, 2.05) is 6.92 Å². The lowest BCUT2D eigenvalue weighted by atomic mass is 9.93. The minimum absolute atomic E-state index is 0.0101. The molecule has 0 saturated carbocycles. The van der Waals surface area contributed by atoms with E-state index in [4.69, 9.17) is 13.9 Å². The first-order valence-corrected chi connectivity index (χ1v) is 15.2. The predicted molar refractivity (Wildman–Crippen MR) is 140 cm³/mol. The van der Waals surface area contributed by atoms with Crippen LogP contribution in [0.1, 0.15) is 34.1 Å². The first-order valence-electron chi connectivity index (χ1n) is 12.3. The van der Waals surface area contributed by atoms with Crippen LogP contribution in [0.2, 0.25) is 18.1 Å². The van der Waals surface area contributed by atoms with Crippen LogP contribution in [-0.4, -0.2) is 94.0 Å². The number of β-lactam (4-membered cyclic amide) rings is 1. The molecule has 0 unspecified atom stereocenters. The van der Waals surface area contributed by atoms with Crippen molar-refractivity contribution < 1.29 is 33.1 Å². The molecule has 0 aromatic carbocycles. The van der Waals surface area contributed by atoms with Crippen molar-refractivity contribution in [3.63, 3.8) is 0 Å². The zero-order chi connectivity index (χ0) is 27.5. The van der Waals surface area contributed by atoms with Gasteiger partial charge in [-0.3, -0.25) is 9.59 Å². The van der Waals surface area contributed by atoms with Crippen LogP contribution in [0.5, 0.6) is 0 Å². The molecule has 1 aliphatic rings. The van der Waals surface area contributed by atoms with Crippen molar-refractivity contribution in [2.75, 3.05) is 45.9 Å². The Morgan fingerprint density at radius 1 is 1.17 bits per heavy atom. The summed E-state index contributed by atoms with van der Waals surface area (Å²) in [4.78, 5) is 52.0. The van der Waals surface area contributed by atoms with E-state index in [1.165, 1.54) is 22.0 Å². The van der Waals surface area contributed by atoms with E-state index in [0.717, 1.165) is 0 Å². The van der Waals surface area contributed by atoms with Crippen LogP contribution in [-0.2, 0) is 23.5 Å². The summed E-state index contributed by atoms with van der Waals surface area (Å²) in [7, 11) is -2.00. The zero-order valence-electron chi connectivity index (χ0n) is 22.6. The monoisotopic (exact) mass is 525 g/mol. The topological polar surface area (TPSA) is 114 Å². The number of rotatable bonds is 15. The van der Waals surface area contributed by atoms with E-state index in [2.05, 4.69) is 52.3 Å². The van der Waals surface area contributed by atoms with Crippen LogP contribution >= 0.6 is 0 Å². The van der Waals surface area contributed by atoms with Gasteiger partial charge in [0.25, 0.3) is 0 Å². The van der Waals surface area contributed by atoms with Gasteiger partial charge in [0.05, 0.1) is 18.6 Å². The summed E-state index contributed by atoms with van der Waals surface area (Å²) in [6, 6.07) is 0. The van der Waals surface area contributed by atoms with E-state index >= 15 is 0 Å². The van der Waals surface area contributed by atoms with E-state index in [1.54, 1.807) is 0 Å². The molecule has 0 spiro atoms. The van der Waals surface area contributed by atoms with Gasteiger partial charge in [0, 0.05) is 32.6 Å². The Labute approximate surface area is 216 Å². The van der Waals surface area contributed by atoms with E-state index in [-0.39, 0.29) is 74.6 Å². The number of ether oxygens (including phenoxy) is 2. The highest BCUT2D eigenvalue weighted by Gasteiger charge is 2.45. The largest absolute Gasteiger partial charge is 0.445 e. The third-order valence-electron chi connectivity index (χ3n) is 6.49. The van der Waals surface area contributed by atoms with Gasteiger partial charge in [-0.05, 0) is 25.1 Å². The minimum Gasteiger partial charge on any atom is -0.445 e. The molecule has 204 valence electrons. The Bertz CT molecular complexity index is 810. The van der Waals surface area contributed by atoms with Crippen LogP contribution in [0, 0.1) is 5.92 Å². The van der Waals surface area contributed by atoms with Crippen molar-refractivity contribution in [2.24, 2.45) is 5.92 Å². The SMILES string of the molecule is C=CCOC(=O)NCCN(CCC(=O)CN1C[C@@H]([C@@H](C)O[Si](C)(C)C(C)(C)C)C1=O)C(=O)OCC=C. The van der Waals surface area contributed by atoms with Crippen molar-refractivity contribution in [3.8, 4) is 0 Å². The van der Waals surface area contributed by atoms with Crippen LogP contribution in [0.3, 0.4) is 0 Å². The quantitative estimate of drug-likeness (QED) is 0.198. The lowest BCUT2D eigenvalue weighted by Gasteiger charge is -2.45. The average Bonchev–Trinajstić information content (AvgIpc) is 2.79. The molecule has 0 bridgehead atoms. The molecule has 0 aliphatic carbocycles. The van der Waals surface area contributed by atoms with Crippen molar-refractivity contribution in [2.45, 2.75) is 58.4 Å². The maximum atomic E-state index is 12.7. The number of carbonyl (C=O) groups is 4. The normalized spacial score (nSPS) is 16.4. The maximum absolute atomic E-state index is 12.7. The Morgan fingerprint density at radius 2 is 1.78 bits per heavy atom. The molecule has 2 atom stereocenters. The minimum atomic E-state index is -2.00. The molecule has 1 fully saturated rings. The molecule has 36 heavy (non-hydrogen) atoms. The molecule has 10 nitrogen and oxygen atoms in total. The van der Waals surface area contributed by atoms with Gasteiger partial charge >= 0.3 is 12.2 Å². The van der Waals surface area contributed by atoms with Crippen LogP contribution in [0.4, 0.5) is 9.59 Å². The molecule has 0 radical (unpaired) electrons. The molecule has 0 aromatic rings. The summed E-state index contributed by atoms with van der Waals surface area (Å²) in [5.74, 6) is -0.497. The summed E-state index contributed by atoms with van der Waals surface area (Å²) >= 11 is 0. The highest BCUT2D eigenvalue weighted by Crippen LogP contribution is 2.39. The molecule has 1 aliphatic heterocycles. The predicted octanol–water partition coefficient (Wildman–Crippen LogP) is 3.35. The van der Waals surface area contributed by atoms with Gasteiger partial charge < -0.3 is 29.0 Å². The first-order chi connectivity index (χ1) is 16.7. The van der Waals surface area contributed by atoms with Crippen molar-refractivity contribution >= 4 is 32.2 Å². The molecule has 3 amide bonds. The Kier molecular flexibility index (Phi) is 12.3. The summed E-state index contributed by atoms with van der Waals surface area (Å²) in [5.41, 5.74) is 0. The van der Waals surface area contributed by atoms with E-state index in [9.17, 15) is 19.2 Å². The van der Waals surface area contributed by atoms with Gasteiger partial charge in [-0.25, -0.2) is 9.59 Å². The number of amides is 3. The fraction of sp³-hybridized carbons (Fsp3) is 0.680. The number of Topliss-reactive ketones (excluding diaryl/α,β-unsaturated/α-hetero) is 1. The second kappa shape index (κ2) is 14.2. The van der Waals surface area contributed by atoms with E-state index < -0.39 is 20.5 Å². The third kappa shape index (κ3) is 9.77. The maximum Gasteiger partial charge on any atom is 0.410 e. The molecule has 0 aromatic heterocycles. The number of hydrogen-bond donors (Lipinski definition) is 1. The number of nitrogens with one attached hydrogen (secondary N) is 1. The number of alkyl carbamates (subject to hydrolysis) is 1. The van der Waals surface area contributed by atoms with Crippen molar-refractivity contribution in [3.05, 3.63) is 25.3 Å². The Hall–Kier alpha value is -2.66. The highest BCUT2D eigenvalue weighted by molar-refractivity contribution is 6.74. The fourth-order valence-corrected chi connectivity index (χ4v) is 4.74. The average molecular weight is 526 g/mol. The summed E-state index contributed by atoms with van der Waals surface area (Å²) in [5, 5.41) is 2.56. The van der Waals surface area contributed by atoms with Gasteiger partial charge in [0.1, 0.15) is 13.2 Å². The second-order valence-corrected chi connectivity index (χ2v) is 15.1. The zero-order valence-corrected chi connectivity index (χ0v) is 23.6. The smallest absolute Gasteiger partial charge is 0.410 e. The fourth-order valence-electron chi connectivity index (χ4n) is 3.29. The van der Waals surface area contributed by atoms with Gasteiger partial charge in [-0.1, -0.05) is 46.1 Å². The highest BCUT2D eigenvalue weighted by atomic mass is 28.4. The molecule has 11 heteroatoms. The van der Waals surface area contributed by atoms with Gasteiger partial charge in [-0.2, -0.15) is 0 Å². The molecular formula is C25H43N3O7Si. The van der Waals surface area contributed by atoms with Gasteiger partial charge in [-0.15, -0.1) is 0 Å². The molecule has 1 rings (SSSR count). The van der Waals surface area contributed by atoms with Crippen molar-refractivity contribution in [1.29, 1.82) is 0 Å². The summed E-state index contributed by atoms with van der Waals surface area (Å²) in [6.45, 7) is 20.6. The number of nitrogens with zero attached hydrogens (tertiary/aromatic N) is 2.